The summed E-state index contributed by atoms with van der Waals surface area (Å²) < 4.78 is 35.5. The lowest BCUT2D eigenvalue weighted by atomic mass is 10.1. The van der Waals surface area contributed by atoms with Crippen molar-refractivity contribution >= 4 is 17.7 Å². The first-order chi connectivity index (χ1) is 9.34. The first-order valence-electron chi connectivity index (χ1n) is 5.77. The molecule has 5 nitrogen and oxygen atoms in total. The van der Waals surface area contributed by atoms with Gasteiger partial charge in [0, 0.05) is 5.69 Å². The summed E-state index contributed by atoms with van der Waals surface area (Å²) in [4.78, 5) is 25.3. The smallest absolute Gasteiger partial charge is 0.331 e. The molecule has 20 heavy (non-hydrogen) atoms. The minimum atomic E-state index is -5.16. The highest BCUT2D eigenvalue weighted by atomic mass is 19.4. The Morgan fingerprint density at radius 3 is 2.50 bits per heavy atom. The van der Waals surface area contributed by atoms with Gasteiger partial charge in [-0.2, -0.15) is 18.7 Å². The fourth-order valence-corrected chi connectivity index (χ4v) is 1.43. The quantitative estimate of drug-likeness (QED) is 0.841. The summed E-state index contributed by atoms with van der Waals surface area (Å²) in [5, 5.41) is 2.31. The fraction of sp³-hybridized carbons (Fsp3) is 0.333. The lowest BCUT2D eigenvalue weighted by molar-refractivity contribution is -0.204. The van der Waals surface area contributed by atoms with Gasteiger partial charge in [0.15, 0.2) is 0 Å². The van der Waals surface area contributed by atoms with Crippen LogP contribution < -0.4 is 10.8 Å². The Labute approximate surface area is 113 Å². The largest absolute Gasteiger partial charge is 0.493 e. The van der Waals surface area contributed by atoms with Gasteiger partial charge in [0.25, 0.3) is 0 Å². The van der Waals surface area contributed by atoms with Gasteiger partial charge in [-0.25, -0.2) is 9.59 Å². The highest BCUT2D eigenvalue weighted by molar-refractivity contribution is 5.90. The Morgan fingerprint density at radius 2 is 1.90 bits per heavy atom. The normalized spacial score (nSPS) is 10.8. The van der Waals surface area contributed by atoms with Crippen LogP contribution in [0.1, 0.15) is 18.9 Å². The molecule has 0 bridgehead atoms. The van der Waals surface area contributed by atoms with E-state index in [1.165, 1.54) is 5.48 Å². The van der Waals surface area contributed by atoms with Crippen LogP contribution in [0.5, 0.6) is 0 Å². The molecule has 1 aromatic rings. The van der Waals surface area contributed by atoms with E-state index in [0.717, 1.165) is 12.0 Å². The Balaban J connectivity index is 2.57. The van der Waals surface area contributed by atoms with E-state index in [-0.39, 0.29) is 0 Å². The molecule has 0 unspecified atom stereocenters. The molecule has 2 amide bonds. The minimum Gasteiger partial charge on any atom is -0.331 e. The predicted molar refractivity (Wildman–Crippen MR) is 64.7 cm³/mol. The van der Waals surface area contributed by atoms with Crippen molar-refractivity contribution in [3.8, 4) is 0 Å². The van der Waals surface area contributed by atoms with Crippen molar-refractivity contribution < 1.29 is 27.6 Å². The first kappa shape index (κ1) is 15.8. The van der Waals surface area contributed by atoms with Crippen molar-refractivity contribution in [1.82, 2.24) is 5.48 Å². The number of carbonyl (C=O) groups excluding carboxylic acids is 2. The van der Waals surface area contributed by atoms with Crippen molar-refractivity contribution in [2.24, 2.45) is 0 Å². The summed E-state index contributed by atoms with van der Waals surface area (Å²) in [6.07, 6.45) is -3.63. The summed E-state index contributed by atoms with van der Waals surface area (Å²) in [6, 6.07) is 5.75. The lowest BCUT2D eigenvalue weighted by Gasteiger charge is -2.11. The molecular weight excluding hydrogens is 277 g/mol. The number of alkyl halides is 3. The number of carbonyl (C=O) groups is 2. The standard InChI is InChI=1S/C12H13F3N2O3/c1-2-5-8-6-3-4-7-9(8)16-11(19)17-20-10(18)12(13,14)15/h3-4,6-7H,2,5H2,1H3,(H2,16,17,19). The summed E-state index contributed by atoms with van der Waals surface area (Å²) in [7, 11) is 0. The van der Waals surface area contributed by atoms with Crippen LogP contribution >= 0.6 is 0 Å². The van der Waals surface area contributed by atoms with Gasteiger partial charge < -0.3 is 10.2 Å². The molecule has 0 saturated carbocycles. The van der Waals surface area contributed by atoms with E-state index in [9.17, 15) is 22.8 Å². The molecule has 0 spiro atoms. The number of aryl methyl sites for hydroxylation is 1. The van der Waals surface area contributed by atoms with Crippen molar-refractivity contribution in [1.29, 1.82) is 0 Å². The van der Waals surface area contributed by atoms with E-state index in [2.05, 4.69) is 10.2 Å². The van der Waals surface area contributed by atoms with Crippen molar-refractivity contribution in [3.63, 3.8) is 0 Å². The Hall–Kier alpha value is -2.25. The Bertz CT molecular complexity index is 489. The zero-order valence-electron chi connectivity index (χ0n) is 10.6. The number of para-hydroxylation sites is 1. The number of hydroxylamine groups is 1. The number of anilines is 1. The van der Waals surface area contributed by atoms with Gasteiger partial charge in [-0.05, 0) is 18.1 Å². The summed E-state index contributed by atoms with van der Waals surface area (Å²) in [5.41, 5.74) is 2.65. The number of hydrogen-bond donors (Lipinski definition) is 2. The average molecular weight is 290 g/mol. The molecule has 0 radical (unpaired) electrons. The third-order valence-corrected chi connectivity index (χ3v) is 2.25. The molecule has 0 fully saturated rings. The molecule has 0 heterocycles. The zero-order chi connectivity index (χ0) is 15.2. The number of urea groups is 1. The van der Waals surface area contributed by atoms with Gasteiger partial charge in [-0.3, -0.25) is 0 Å². The molecule has 0 aliphatic rings. The molecule has 8 heteroatoms. The van der Waals surface area contributed by atoms with Gasteiger partial charge in [-0.15, -0.1) is 0 Å². The number of amides is 2. The summed E-state index contributed by atoms with van der Waals surface area (Å²) in [6.45, 7) is 1.95. The monoisotopic (exact) mass is 290 g/mol. The summed E-state index contributed by atoms with van der Waals surface area (Å²) >= 11 is 0. The van der Waals surface area contributed by atoms with Crippen LogP contribution in [-0.4, -0.2) is 18.2 Å². The maximum atomic E-state index is 11.8. The highest BCUT2D eigenvalue weighted by Gasteiger charge is 2.42. The third kappa shape index (κ3) is 4.79. The topological polar surface area (TPSA) is 67.4 Å². The Kier molecular flexibility index (Phi) is 5.36. The van der Waals surface area contributed by atoms with Crippen LogP contribution in [-0.2, 0) is 16.1 Å². The average Bonchev–Trinajstić information content (AvgIpc) is 2.37. The summed E-state index contributed by atoms with van der Waals surface area (Å²) in [5.74, 6) is -2.49. The lowest BCUT2D eigenvalue weighted by Crippen LogP contribution is -2.36. The maximum Gasteiger partial charge on any atom is 0.493 e. The second-order valence-electron chi connectivity index (χ2n) is 3.85. The van der Waals surface area contributed by atoms with Crippen LogP contribution in [0.4, 0.5) is 23.7 Å². The van der Waals surface area contributed by atoms with Gasteiger partial charge in [-0.1, -0.05) is 31.5 Å². The van der Waals surface area contributed by atoms with Crippen molar-refractivity contribution in [2.75, 3.05) is 5.32 Å². The predicted octanol–water partition coefficient (Wildman–Crippen LogP) is 2.78. The van der Waals surface area contributed by atoms with Gasteiger partial charge in [0.2, 0.25) is 0 Å². The second-order valence-corrected chi connectivity index (χ2v) is 3.85. The molecule has 0 aliphatic heterocycles. The van der Waals surface area contributed by atoms with E-state index in [1.807, 2.05) is 6.92 Å². The molecule has 0 aliphatic carbocycles. The number of halogens is 3. The zero-order valence-corrected chi connectivity index (χ0v) is 10.6. The molecule has 0 aromatic heterocycles. The van der Waals surface area contributed by atoms with E-state index in [4.69, 9.17) is 0 Å². The van der Waals surface area contributed by atoms with Crippen LogP contribution in [0.15, 0.2) is 24.3 Å². The van der Waals surface area contributed by atoms with Crippen LogP contribution in [0, 0.1) is 0 Å². The van der Waals surface area contributed by atoms with Crippen molar-refractivity contribution in [2.45, 2.75) is 25.9 Å². The van der Waals surface area contributed by atoms with Crippen molar-refractivity contribution in [3.05, 3.63) is 29.8 Å². The Morgan fingerprint density at radius 1 is 1.25 bits per heavy atom. The van der Waals surface area contributed by atoms with Gasteiger partial charge >= 0.3 is 18.2 Å². The molecule has 1 rings (SSSR count). The van der Waals surface area contributed by atoms with Gasteiger partial charge in [0.05, 0.1) is 0 Å². The molecule has 0 atom stereocenters. The van der Waals surface area contributed by atoms with E-state index >= 15 is 0 Å². The maximum absolute atomic E-state index is 11.8. The number of benzene rings is 1. The molecule has 110 valence electrons. The van der Waals surface area contributed by atoms with Gasteiger partial charge in [0.1, 0.15) is 0 Å². The van der Waals surface area contributed by atoms with Crippen LogP contribution in [0.2, 0.25) is 0 Å². The number of nitrogens with one attached hydrogen (secondary N) is 2. The van der Waals surface area contributed by atoms with Crippen LogP contribution in [0.3, 0.4) is 0 Å². The number of hydrogen-bond acceptors (Lipinski definition) is 3. The number of rotatable bonds is 3. The minimum absolute atomic E-state index is 0.440. The van der Waals surface area contributed by atoms with E-state index in [0.29, 0.717) is 12.1 Å². The first-order valence-corrected chi connectivity index (χ1v) is 5.77. The molecule has 0 saturated heterocycles. The molecule has 2 N–H and O–H groups in total. The van der Waals surface area contributed by atoms with Crippen LogP contribution in [0.25, 0.3) is 0 Å². The van der Waals surface area contributed by atoms with E-state index < -0.39 is 18.2 Å². The molecule has 1 aromatic carbocycles. The fourth-order valence-electron chi connectivity index (χ4n) is 1.43. The SMILES string of the molecule is CCCc1ccccc1NC(=O)NOC(=O)C(F)(F)F. The molecular formula is C12H13F3N2O3. The van der Waals surface area contributed by atoms with E-state index in [1.54, 1.807) is 24.3 Å². The second kappa shape index (κ2) is 6.78. The highest BCUT2D eigenvalue weighted by Crippen LogP contribution is 2.17. The third-order valence-electron chi connectivity index (χ3n) is 2.25.